The summed E-state index contributed by atoms with van der Waals surface area (Å²) in [6.07, 6.45) is 1.86. The van der Waals surface area contributed by atoms with Crippen molar-refractivity contribution in [2.75, 3.05) is 24.2 Å². The highest BCUT2D eigenvalue weighted by Gasteiger charge is 2.35. The van der Waals surface area contributed by atoms with Crippen LogP contribution in [0.5, 0.6) is 0 Å². The van der Waals surface area contributed by atoms with Crippen molar-refractivity contribution >= 4 is 23.3 Å². The molecule has 6 heteroatoms. The number of urea groups is 1. The topological polar surface area (TPSA) is 82.3 Å². The van der Waals surface area contributed by atoms with Crippen molar-refractivity contribution in [2.45, 2.75) is 25.3 Å². The smallest absolute Gasteiger partial charge is 0.318 e. The molecule has 4 N–H and O–H groups in total. The van der Waals surface area contributed by atoms with Crippen LogP contribution in [0.15, 0.2) is 24.3 Å². The Morgan fingerprint density at radius 1 is 1.15 bits per heavy atom. The summed E-state index contributed by atoms with van der Waals surface area (Å²) in [4.78, 5) is 23.4. The van der Waals surface area contributed by atoms with Crippen LogP contribution in [0.3, 0.4) is 0 Å². The first-order chi connectivity index (χ1) is 9.53. The van der Waals surface area contributed by atoms with Crippen LogP contribution >= 0.6 is 0 Å². The molecule has 1 aromatic carbocycles. The van der Waals surface area contributed by atoms with Crippen molar-refractivity contribution < 1.29 is 9.59 Å². The number of carbonyl (C=O) groups excluding carboxylic acids is 2. The van der Waals surface area contributed by atoms with Gasteiger partial charge in [-0.15, -0.1) is 0 Å². The molecule has 1 aliphatic rings. The maximum Gasteiger partial charge on any atom is 0.318 e. The Hall–Kier alpha value is -2.08. The van der Waals surface area contributed by atoms with Crippen LogP contribution in [-0.4, -0.2) is 31.1 Å². The largest absolute Gasteiger partial charge is 0.341 e. The second-order valence-corrected chi connectivity index (χ2v) is 5.10. The zero-order valence-electron chi connectivity index (χ0n) is 11.7. The average molecular weight is 276 g/mol. The molecule has 0 aromatic heterocycles. The fraction of sp³-hybridized carbons (Fsp3) is 0.429. The van der Waals surface area contributed by atoms with Crippen LogP contribution in [0.2, 0.25) is 0 Å². The molecule has 1 fully saturated rings. The summed E-state index contributed by atoms with van der Waals surface area (Å²) in [5.74, 6) is -0.0259. The van der Waals surface area contributed by atoms with E-state index >= 15 is 0 Å². The minimum absolute atomic E-state index is 0.0259. The van der Waals surface area contributed by atoms with Crippen LogP contribution in [-0.2, 0) is 4.79 Å². The maximum absolute atomic E-state index is 12.2. The third-order valence-electron chi connectivity index (χ3n) is 3.50. The van der Waals surface area contributed by atoms with Crippen molar-refractivity contribution in [3.05, 3.63) is 24.3 Å². The van der Waals surface area contributed by atoms with Gasteiger partial charge in [0.2, 0.25) is 5.91 Å². The summed E-state index contributed by atoms with van der Waals surface area (Å²) in [7, 11) is 1.55. The number of amides is 3. The predicted molar refractivity (Wildman–Crippen MR) is 78.8 cm³/mol. The van der Waals surface area contributed by atoms with Crippen LogP contribution in [0.25, 0.3) is 0 Å². The number of carbonyl (C=O) groups is 2. The van der Waals surface area contributed by atoms with E-state index in [-0.39, 0.29) is 11.9 Å². The van der Waals surface area contributed by atoms with Crippen LogP contribution in [0.4, 0.5) is 16.2 Å². The average Bonchev–Trinajstić information content (AvgIpc) is 2.89. The number of benzene rings is 1. The van der Waals surface area contributed by atoms with Gasteiger partial charge in [-0.1, -0.05) is 0 Å². The molecule has 1 heterocycles. The summed E-state index contributed by atoms with van der Waals surface area (Å²) < 4.78 is 0. The van der Waals surface area contributed by atoms with Gasteiger partial charge in [0, 0.05) is 18.4 Å². The Bertz CT molecular complexity index is 492. The van der Waals surface area contributed by atoms with Crippen LogP contribution < -0.4 is 21.3 Å². The molecular weight excluding hydrogens is 256 g/mol. The van der Waals surface area contributed by atoms with E-state index < -0.39 is 5.54 Å². The van der Waals surface area contributed by atoms with Crippen molar-refractivity contribution in [2.24, 2.45) is 0 Å². The first kappa shape index (κ1) is 14.3. The molecule has 3 amide bonds. The number of rotatable bonds is 3. The van der Waals surface area contributed by atoms with Crippen molar-refractivity contribution in [1.29, 1.82) is 0 Å². The molecule has 20 heavy (non-hydrogen) atoms. The molecule has 108 valence electrons. The normalized spacial score (nSPS) is 21.3. The van der Waals surface area contributed by atoms with Gasteiger partial charge in [-0.3, -0.25) is 4.79 Å². The lowest BCUT2D eigenvalue weighted by Gasteiger charge is -2.23. The monoisotopic (exact) mass is 276 g/mol. The molecule has 0 aliphatic carbocycles. The molecule has 0 radical (unpaired) electrons. The quantitative estimate of drug-likeness (QED) is 0.675. The molecule has 1 unspecified atom stereocenters. The molecule has 1 atom stereocenters. The predicted octanol–water partition coefficient (Wildman–Crippen LogP) is 1.52. The van der Waals surface area contributed by atoms with Gasteiger partial charge in [0.25, 0.3) is 0 Å². The standard InChI is InChI=1S/C14H20N4O2/c1-14(8-3-9-16-14)12(19)17-10-4-6-11(7-5-10)18-13(20)15-2/h4-7,16H,3,8-9H2,1-2H3,(H,17,19)(H2,15,18,20). The van der Waals surface area contributed by atoms with Crippen molar-refractivity contribution in [1.82, 2.24) is 10.6 Å². The van der Waals surface area contributed by atoms with E-state index in [1.807, 2.05) is 6.92 Å². The van der Waals surface area contributed by atoms with Gasteiger partial charge >= 0.3 is 6.03 Å². The van der Waals surface area contributed by atoms with E-state index in [4.69, 9.17) is 0 Å². The van der Waals surface area contributed by atoms with E-state index in [1.165, 1.54) is 0 Å². The highest BCUT2D eigenvalue weighted by Crippen LogP contribution is 2.21. The second-order valence-electron chi connectivity index (χ2n) is 5.10. The van der Waals surface area contributed by atoms with Crippen molar-refractivity contribution in [3.8, 4) is 0 Å². The lowest BCUT2D eigenvalue weighted by molar-refractivity contribution is -0.121. The third-order valence-corrected chi connectivity index (χ3v) is 3.50. The van der Waals surface area contributed by atoms with Gasteiger partial charge in [0.15, 0.2) is 0 Å². The Balaban J connectivity index is 1.96. The highest BCUT2D eigenvalue weighted by atomic mass is 16.2. The Morgan fingerprint density at radius 3 is 2.25 bits per heavy atom. The van der Waals surface area contributed by atoms with E-state index in [0.717, 1.165) is 19.4 Å². The Labute approximate surface area is 118 Å². The maximum atomic E-state index is 12.2. The molecular formula is C14H20N4O2. The second kappa shape index (κ2) is 5.92. The first-order valence-corrected chi connectivity index (χ1v) is 6.69. The van der Waals surface area contributed by atoms with Crippen LogP contribution in [0, 0.1) is 0 Å². The Morgan fingerprint density at radius 2 is 1.75 bits per heavy atom. The summed E-state index contributed by atoms with van der Waals surface area (Å²) in [5, 5.41) is 11.2. The summed E-state index contributed by atoms with van der Waals surface area (Å²) in [6, 6.07) is 6.75. The first-order valence-electron chi connectivity index (χ1n) is 6.69. The van der Waals surface area contributed by atoms with Gasteiger partial charge in [-0.2, -0.15) is 0 Å². The van der Waals surface area contributed by atoms with E-state index in [1.54, 1.807) is 31.3 Å². The van der Waals surface area contributed by atoms with Gasteiger partial charge in [0.1, 0.15) is 0 Å². The Kier molecular flexibility index (Phi) is 4.24. The van der Waals surface area contributed by atoms with E-state index in [0.29, 0.717) is 11.4 Å². The summed E-state index contributed by atoms with van der Waals surface area (Å²) >= 11 is 0. The lowest BCUT2D eigenvalue weighted by atomic mass is 9.99. The van der Waals surface area contributed by atoms with E-state index in [2.05, 4.69) is 21.3 Å². The molecule has 0 spiro atoms. The van der Waals surface area contributed by atoms with Crippen molar-refractivity contribution in [3.63, 3.8) is 0 Å². The molecule has 1 aliphatic heterocycles. The zero-order chi connectivity index (χ0) is 14.6. The number of nitrogens with one attached hydrogen (secondary N) is 4. The van der Waals surface area contributed by atoms with Crippen LogP contribution in [0.1, 0.15) is 19.8 Å². The fourth-order valence-corrected chi connectivity index (χ4v) is 2.19. The summed E-state index contributed by atoms with van der Waals surface area (Å²) in [6.45, 7) is 2.79. The number of hydrogen-bond acceptors (Lipinski definition) is 3. The molecule has 6 nitrogen and oxygen atoms in total. The number of hydrogen-bond donors (Lipinski definition) is 4. The minimum atomic E-state index is -0.487. The molecule has 0 saturated carbocycles. The molecule has 2 rings (SSSR count). The fourth-order valence-electron chi connectivity index (χ4n) is 2.19. The zero-order valence-corrected chi connectivity index (χ0v) is 11.7. The van der Waals surface area contributed by atoms with Gasteiger partial charge in [-0.25, -0.2) is 4.79 Å². The SMILES string of the molecule is CNC(=O)Nc1ccc(NC(=O)C2(C)CCCN2)cc1. The third kappa shape index (κ3) is 3.27. The summed E-state index contributed by atoms with van der Waals surface area (Å²) in [5.41, 5.74) is 0.902. The number of anilines is 2. The molecule has 1 aromatic rings. The van der Waals surface area contributed by atoms with Gasteiger partial charge in [0.05, 0.1) is 5.54 Å². The van der Waals surface area contributed by atoms with E-state index in [9.17, 15) is 9.59 Å². The lowest BCUT2D eigenvalue weighted by Crippen LogP contribution is -2.47. The van der Waals surface area contributed by atoms with Gasteiger partial charge < -0.3 is 21.3 Å². The molecule has 1 saturated heterocycles. The molecule has 0 bridgehead atoms. The highest BCUT2D eigenvalue weighted by molar-refractivity contribution is 5.98. The van der Waals surface area contributed by atoms with Gasteiger partial charge in [-0.05, 0) is 50.6 Å². The minimum Gasteiger partial charge on any atom is -0.341 e.